The first-order valence-electron chi connectivity index (χ1n) is 6.69. The van der Waals surface area contributed by atoms with Crippen molar-refractivity contribution in [2.24, 2.45) is 5.92 Å². The van der Waals surface area contributed by atoms with E-state index < -0.39 is 22.8 Å². The topological polar surface area (TPSA) is 29.1 Å². The second-order valence-corrected chi connectivity index (χ2v) is 8.34. The van der Waals surface area contributed by atoms with Gasteiger partial charge in [-0.05, 0) is 47.0 Å². The molecule has 0 amide bonds. The van der Waals surface area contributed by atoms with Crippen molar-refractivity contribution in [3.05, 3.63) is 0 Å². The van der Waals surface area contributed by atoms with Gasteiger partial charge in [0.1, 0.15) is 0 Å². The summed E-state index contributed by atoms with van der Waals surface area (Å²) in [5.74, 6) is -3.11. The second kappa shape index (κ2) is 5.95. The van der Waals surface area contributed by atoms with Crippen LogP contribution in [0.5, 0.6) is 0 Å². The van der Waals surface area contributed by atoms with Gasteiger partial charge in [-0.1, -0.05) is 6.42 Å². The van der Waals surface area contributed by atoms with Gasteiger partial charge in [-0.3, -0.25) is 0 Å². The van der Waals surface area contributed by atoms with Gasteiger partial charge in [-0.2, -0.15) is 0 Å². The summed E-state index contributed by atoms with van der Waals surface area (Å²) in [6, 6.07) is -0.140. The maximum atomic E-state index is 13.7. The van der Waals surface area contributed by atoms with Gasteiger partial charge in [-0.25, -0.2) is 17.7 Å². The first kappa shape index (κ1) is 16.0. The molecule has 0 aliphatic heterocycles. The normalized spacial score (nSPS) is 27.8. The van der Waals surface area contributed by atoms with Crippen LogP contribution >= 0.6 is 0 Å². The Morgan fingerprint density at radius 3 is 2.50 bits per heavy atom. The van der Waals surface area contributed by atoms with Crippen LogP contribution in [0, 0.1) is 5.92 Å². The Balaban J connectivity index is 2.49. The van der Waals surface area contributed by atoms with E-state index in [1.54, 1.807) is 0 Å². The fraction of sp³-hybridized carbons (Fsp3) is 1.00. The number of nitrogens with one attached hydrogen (secondary N) is 1. The Hall–Kier alpha value is -0.0300. The minimum atomic E-state index is -2.54. The highest BCUT2D eigenvalue weighted by Crippen LogP contribution is 2.40. The van der Waals surface area contributed by atoms with Crippen LogP contribution in [-0.2, 0) is 11.0 Å². The van der Waals surface area contributed by atoms with Gasteiger partial charge in [0.2, 0.25) is 0 Å². The Morgan fingerprint density at radius 1 is 1.39 bits per heavy atom. The van der Waals surface area contributed by atoms with Gasteiger partial charge in [0.05, 0.1) is 15.7 Å². The molecule has 3 unspecified atom stereocenters. The van der Waals surface area contributed by atoms with Crippen LogP contribution in [0.3, 0.4) is 0 Å². The molecule has 1 N–H and O–H groups in total. The summed E-state index contributed by atoms with van der Waals surface area (Å²) < 4.78 is 41.9. The summed E-state index contributed by atoms with van der Waals surface area (Å²) in [6.07, 6.45) is 2.50. The molecular formula is C13H25F2NOS. The lowest BCUT2D eigenvalue weighted by atomic mass is 9.82. The molecule has 18 heavy (non-hydrogen) atoms. The molecule has 5 heteroatoms. The van der Waals surface area contributed by atoms with Gasteiger partial charge >= 0.3 is 0 Å². The van der Waals surface area contributed by atoms with Crippen molar-refractivity contribution in [3.8, 4) is 0 Å². The fourth-order valence-electron chi connectivity index (χ4n) is 2.29. The minimum Gasteiger partial charge on any atom is -0.242 e. The molecule has 108 valence electrons. The summed E-state index contributed by atoms with van der Waals surface area (Å²) in [5, 5.41) is 0. The summed E-state index contributed by atoms with van der Waals surface area (Å²) in [6.45, 7) is 7.46. The van der Waals surface area contributed by atoms with E-state index in [9.17, 15) is 13.0 Å². The molecule has 0 bridgehead atoms. The van der Waals surface area contributed by atoms with Crippen molar-refractivity contribution < 1.29 is 13.0 Å². The van der Waals surface area contributed by atoms with Crippen molar-refractivity contribution in [2.45, 2.75) is 76.5 Å². The SMILES string of the molecule is CC(CC1CCCCC1(F)F)NS(=O)C(C)(C)C. The minimum absolute atomic E-state index is 0.00669. The quantitative estimate of drug-likeness (QED) is 0.837. The Morgan fingerprint density at radius 2 is 2.00 bits per heavy atom. The van der Waals surface area contributed by atoms with Gasteiger partial charge in [-0.15, -0.1) is 0 Å². The molecule has 0 aromatic carbocycles. The maximum Gasteiger partial charge on any atom is 0.251 e. The van der Waals surface area contributed by atoms with E-state index in [0.29, 0.717) is 19.3 Å². The molecule has 3 atom stereocenters. The first-order chi connectivity index (χ1) is 8.13. The first-order valence-corrected chi connectivity index (χ1v) is 7.84. The van der Waals surface area contributed by atoms with Gasteiger partial charge < -0.3 is 0 Å². The molecule has 1 rings (SSSR count). The van der Waals surface area contributed by atoms with E-state index in [2.05, 4.69) is 4.72 Å². The predicted molar refractivity (Wildman–Crippen MR) is 72.0 cm³/mol. The van der Waals surface area contributed by atoms with Crippen LogP contribution in [0.25, 0.3) is 0 Å². The van der Waals surface area contributed by atoms with Crippen molar-refractivity contribution in [1.82, 2.24) is 4.72 Å². The Labute approximate surface area is 112 Å². The largest absolute Gasteiger partial charge is 0.251 e. The molecule has 0 saturated heterocycles. The van der Waals surface area contributed by atoms with Crippen molar-refractivity contribution in [1.29, 1.82) is 0 Å². The van der Waals surface area contributed by atoms with E-state index in [1.165, 1.54) is 0 Å². The highest BCUT2D eigenvalue weighted by Gasteiger charge is 2.41. The lowest BCUT2D eigenvalue weighted by Crippen LogP contribution is -2.42. The third-order valence-corrected chi connectivity index (χ3v) is 5.14. The number of hydrogen-bond acceptors (Lipinski definition) is 1. The second-order valence-electron chi connectivity index (χ2n) is 6.34. The van der Waals surface area contributed by atoms with E-state index in [4.69, 9.17) is 0 Å². The molecule has 0 heterocycles. The van der Waals surface area contributed by atoms with Crippen molar-refractivity contribution in [3.63, 3.8) is 0 Å². The molecule has 1 aliphatic rings. The zero-order valence-electron chi connectivity index (χ0n) is 11.8. The molecule has 0 radical (unpaired) electrons. The maximum absolute atomic E-state index is 13.7. The van der Waals surface area contributed by atoms with Crippen LogP contribution in [0.2, 0.25) is 0 Å². The monoisotopic (exact) mass is 281 g/mol. The molecule has 0 spiro atoms. The van der Waals surface area contributed by atoms with Crippen LogP contribution < -0.4 is 4.72 Å². The zero-order valence-corrected chi connectivity index (χ0v) is 12.6. The summed E-state index contributed by atoms with van der Waals surface area (Å²) in [4.78, 5) is 0. The number of rotatable bonds is 4. The number of hydrogen-bond donors (Lipinski definition) is 1. The summed E-state index contributed by atoms with van der Waals surface area (Å²) in [7, 11) is -1.19. The van der Waals surface area contributed by atoms with Crippen molar-refractivity contribution in [2.75, 3.05) is 0 Å². The van der Waals surface area contributed by atoms with Crippen LogP contribution in [0.15, 0.2) is 0 Å². The van der Waals surface area contributed by atoms with E-state index in [-0.39, 0.29) is 17.2 Å². The standard InChI is InChI=1S/C13H25F2NOS/c1-10(16-18(17)12(2,3)4)9-11-7-5-6-8-13(11,14)15/h10-11,16H,5-9H2,1-4H3. The average molecular weight is 281 g/mol. The van der Waals surface area contributed by atoms with Crippen LogP contribution in [0.4, 0.5) is 8.78 Å². The lowest BCUT2D eigenvalue weighted by Gasteiger charge is -2.33. The molecule has 1 aliphatic carbocycles. The van der Waals surface area contributed by atoms with Gasteiger partial charge in [0.15, 0.2) is 0 Å². The smallest absolute Gasteiger partial charge is 0.242 e. The van der Waals surface area contributed by atoms with E-state index >= 15 is 0 Å². The van der Waals surface area contributed by atoms with Crippen LogP contribution in [-0.4, -0.2) is 20.9 Å². The summed E-state index contributed by atoms with van der Waals surface area (Å²) in [5.41, 5.74) is 0. The molecule has 1 saturated carbocycles. The molecule has 0 aromatic heterocycles. The summed E-state index contributed by atoms with van der Waals surface area (Å²) >= 11 is 0. The lowest BCUT2D eigenvalue weighted by molar-refractivity contribution is -0.0899. The number of halogens is 2. The number of alkyl halides is 2. The third-order valence-electron chi connectivity index (χ3n) is 3.41. The average Bonchev–Trinajstić information content (AvgIpc) is 2.19. The third kappa shape index (κ3) is 4.57. The van der Waals surface area contributed by atoms with E-state index in [1.807, 2.05) is 27.7 Å². The zero-order chi connectivity index (χ0) is 14.0. The van der Waals surface area contributed by atoms with E-state index in [0.717, 1.165) is 6.42 Å². The van der Waals surface area contributed by atoms with Gasteiger partial charge in [0, 0.05) is 18.4 Å². The highest BCUT2D eigenvalue weighted by molar-refractivity contribution is 7.84. The Bertz CT molecular complexity index is 302. The van der Waals surface area contributed by atoms with Crippen LogP contribution in [0.1, 0.15) is 59.8 Å². The predicted octanol–water partition coefficient (Wildman–Crippen LogP) is 3.64. The molecule has 1 fully saturated rings. The van der Waals surface area contributed by atoms with Crippen molar-refractivity contribution >= 4 is 11.0 Å². The fourth-order valence-corrected chi connectivity index (χ4v) is 3.11. The molecule has 2 nitrogen and oxygen atoms in total. The Kier molecular flexibility index (Phi) is 5.30. The highest BCUT2D eigenvalue weighted by atomic mass is 32.2. The van der Waals surface area contributed by atoms with Gasteiger partial charge in [0.25, 0.3) is 5.92 Å². The molecular weight excluding hydrogens is 256 g/mol. The molecule has 0 aromatic rings.